The minimum atomic E-state index is -0.338. The van der Waals surface area contributed by atoms with E-state index in [2.05, 4.69) is 37.1 Å². The first kappa shape index (κ1) is 15.5. The normalized spacial score (nSPS) is 28.9. The highest BCUT2D eigenvalue weighted by atomic mass is 16.3. The molecule has 1 aromatic heterocycles. The minimum Gasteiger partial charge on any atom is -0.391 e. The first-order chi connectivity index (χ1) is 9.35. The number of rotatable bonds is 4. The molecule has 0 aliphatic heterocycles. The number of aryl methyl sites for hydroxylation is 2. The van der Waals surface area contributed by atoms with Gasteiger partial charge in [0.05, 0.1) is 11.8 Å². The van der Waals surface area contributed by atoms with Gasteiger partial charge in [-0.05, 0) is 45.8 Å². The molecule has 3 atom stereocenters. The maximum Gasteiger partial charge on any atom is 0.0778 e. The fraction of sp³-hybridized carbons (Fsp3) is 0.812. The van der Waals surface area contributed by atoms with Gasteiger partial charge in [0.1, 0.15) is 0 Å². The summed E-state index contributed by atoms with van der Waals surface area (Å²) in [5.74, 6) is 0.689. The lowest BCUT2D eigenvalue weighted by Gasteiger charge is -2.48. The Morgan fingerprint density at radius 1 is 1.55 bits per heavy atom. The van der Waals surface area contributed by atoms with Crippen molar-refractivity contribution < 1.29 is 5.11 Å². The summed E-state index contributed by atoms with van der Waals surface area (Å²) in [5, 5.41) is 15.3. The molecule has 2 rings (SSSR count). The van der Waals surface area contributed by atoms with E-state index in [0.717, 1.165) is 24.2 Å². The van der Waals surface area contributed by atoms with Gasteiger partial charge in [0, 0.05) is 24.7 Å². The smallest absolute Gasteiger partial charge is 0.0778 e. The molecule has 1 aromatic rings. The van der Waals surface area contributed by atoms with Crippen molar-refractivity contribution in [2.75, 3.05) is 14.1 Å². The summed E-state index contributed by atoms with van der Waals surface area (Å²) < 4.78 is 1.90. The second-order valence-electron chi connectivity index (χ2n) is 6.82. The lowest BCUT2D eigenvalue weighted by Crippen LogP contribution is -2.56. The third kappa shape index (κ3) is 2.91. The van der Waals surface area contributed by atoms with Crippen molar-refractivity contribution in [2.24, 2.45) is 13.0 Å². The third-order valence-electron chi connectivity index (χ3n) is 5.02. The van der Waals surface area contributed by atoms with E-state index in [1.807, 2.05) is 18.7 Å². The van der Waals surface area contributed by atoms with Crippen molar-refractivity contribution in [3.63, 3.8) is 0 Å². The fourth-order valence-electron chi connectivity index (χ4n) is 3.81. The van der Waals surface area contributed by atoms with Gasteiger partial charge in [0.25, 0.3) is 0 Å². The number of hydrogen-bond donors (Lipinski definition) is 1. The van der Waals surface area contributed by atoms with E-state index in [4.69, 9.17) is 0 Å². The molecule has 1 aliphatic rings. The van der Waals surface area contributed by atoms with Crippen LogP contribution in [0.25, 0.3) is 0 Å². The van der Waals surface area contributed by atoms with Gasteiger partial charge in [-0.2, -0.15) is 5.10 Å². The van der Waals surface area contributed by atoms with E-state index in [-0.39, 0.29) is 11.6 Å². The second-order valence-corrected chi connectivity index (χ2v) is 6.82. The molecule has 0 radical (unpaired) electrons. The Balaban J connectivity index is 2.19. The standard InChI is InChI=1S/C16H29N3O/c1-12-7-6-8-16(11-12,18(3)4)15(20)10-14-9-13(2)17-19(14)5/h9,12,15,20H,6-8,10-11H2,1-5H3. The second kappa shape index (κ2) is 5.86. The van der Waals surface area contributed by atoms with Crippen molar-refractivity contribution in [2.45, 2.75) is 57.6 Å². The van der Waals surface area contributed by atoms with Crippen LogP contribution in [0.5, 0.6) is 0 Å². The van der Waals surface area contributed by atoms with E-state index in [1.54, 1.807) is 0 Å². The van der Waals surface area contributed by atoms with Crippen LogP contribution < -0.4 is 0 Å². The summed E-state index contributed by atoms with van der Waals surface area (Å²) in [6, 6.07) is 2.08. The first-order valence-electron chi connectivity index (χ1n) is 7.70. The van der Waals surface area contributed by atoms with Gasteiger partial charge in [0.15, 0.2) is 0 Å². The lowest BCUT2D eigenvalue weighted by molar-refractivity contribution is -0.0432. The van der Waals surface area contributed by atoms with Crippen molar-refractivity contribution >= 4 is 0 Å². The molecule has 1 fully saturated rings. The van der Waals surface area contributed by atoms with Crippen LogP contribution in [0.15, 0.2) is 6.07 Å². The predicted molar refractivity (Wildman–Crippen MR) is 81.7 cm³/mol. The number of hydrogen-bond acceptors (Lipinski definition) is 3. The van der Waals surface area contributed by atoms with Gasteiger partial charge in [-0.3, -0.25) is 4.68 Å². The fourth-order valence-corrected chi connectivity index (χ4v) is 3.81. The van der Waals surface area contributed by atoms with Crippen LogP contribution in [0.2, 0.25) is 0 Å². The first-order valence-corrected chi connectivity index (χ1v) is 7.70. The van der Waals surface area contributed by atoms with Crippen molar-refractivity contribution in [3.05, 3.63) is 17.5 Å². The average Bonchev–Trinajstić information content (AvgIpc) is 2.67. The largest absolute Gasteiger partial charge is 0.391 e. The zero-order valence-corrected chi connectivity index (χ0v) is 13.6. The summed E-state index contributed by atoms with van der Waals surface area (Å²) in [5.41, 5.74) is 2.05. The summed E-state index contributed by atoms with van der Waals surface area (Å²) in [7, 11) is 6.17. The Hall–Kier alpha value is -0.870. The maximum atomic E-state index is 10.9. The molecule has 1 saturated carbocycles. The lowest BCUT2D eigenvalue weighted by atomic mass is 9.71. The molecule has 1 aliphatic carbocycles. The number of nitrogens with zero attached hydrogens (tertiary/aromatic N) is 3. The molecule has 1 heterocycles. The molecule has 4 heteroatoms. The number of aliphatic hydroxyl groups excluding tert-OH is 1. The topological polar surface area (TPSA) is 41.3 Å². The van der Waals surface area contributed by atoms with Crippen molar-refractivity contribution in [3.8, 4) is 0 Å². The van der Waals surface area contributed by atoms with Crippen LogP contribution in [0.3, 0.4) is 0 Å². The van der Waals surface area contributed by atoms with Crippen LogP contribution in [0.1, 0.15) is 44.0 Å². The van der Waals surface area contributed by atoms with Crippen LogP contribution in [0.4, 0.5) is 0 Å². The number of aromatic nitrogens is 2. The van der Waals surface area contributed by atoms with Gasteiger partial charge in [-0.25, -0.2) is 0 Å². The SMILES string of the molecule is Cc1cc(CC(O)C2(N(C)C)CCCC(C)C2)n(C)n1. The Labute approximate surface area is 122 Å². The van der Waals surface area contributed by atoms with E-state index in [0.29, 0.717) is 12.3 Å². The van der Waals surface area contributed by atoms with E-state index in [9.17, 15) is 5.11 Å². The highest BCUT2D eigenvalue weighted by molar-refractivity contribution is 5.12. The summed E-state index contributed by atoms with van der Waals surface area (Å²) in [4.78, 5) is 2.25. The zero-order valence-electron chi connectivity index (χ0n) is 13.6. The molecule has 0 aromatic carbocycles. The minimum absolute atomic E-state index is 0.0875. The molecule has 4 nitrogen and oxygen atoms in total. The average molecular weight is 279 g/mol. The van der Waals surface area contributed by atoms with E-state index < -0.39 is 0 Å². The van der Waals surface area contributed by atoms with E-state index in [1.165, 1.54) is 12.8 Å². The molecular formula is C16H29N3O. The molecule has 0 spiro atoms. The summed E-state index contributed by atoms with van der Waals surface area (Å²) >= 11 is 0. The van der Waals surface area contributed by atoms with Gasteiger partial charge >= 0.3 is 0 Å². The van der Waals surface area contributed by atoms with Crippen LogP contribution >= 0.6 is 0 Å². The molecule has 3 unspecified atom stereocenters. The third-order valence-corrected chi connectivity index (χ3v) is 5.02. The van der Waals surface area contributed by atoms with Gasteiger partial charge in [-0.1, -0.05) is 19.8 Å². The Morgan fingerprint density at radius 3 is 2.75 bits per heavy atom. The van der Waals surface area contributed by atoms with Crippen LogP contribution in [-0.2, 0) is 13.5 Å². The van der Waals surface area contributed by atoms with E-state index >= 15 is 0 Å². The van der Waals surface area contributed by atoms with Crippen LogP contribution in [0, 0.1) is 12.8 Å². The molecule has 20 heavy (non-hydrogen) atoms. The van der Waals surface area contributed by atoms with Crippen LogP contribution in [-0.4, -0.2) is 45.5 Å². The summed E-state index contributed by atoms with van der Waals surface area (Å²) in [6.45, 7) is 4.30. The molecular weight excluding hydrogens is 250 g/mol. The maximum absolute atomic E-state index is 10.9. The Morgan fingerprint density at radius 2 is 2.25 bits per heavy atom. The quantitative estimate of drug-likeness (QED) is 0.918. The molecule has 1 N–H and O–H groups in total. The molecule has 0 saturated heterocycles. The van der Waals surface area contributed by atoms with Gasteiger partial charge in [-0.15, -0.1) is 0 Å². The number of likely N-dealkylation sites (N-methyl/N-ethyl adjacent to an activating group) is 1. The highest BCUT2D eigenvalue weighted by Gasteiger charge is 2.43. The Bertz CT molecular complexity index is 455. The zero-order chi connectivity index (χ0) is 14.9. The number of aliphatic hydroxyl groups is 1. The van der Waals surface area contributed by atoms with Crippen molar-refractivity contribution in [1.29, 1.82) is 0 Å². The highest BCUT2D eigenvalue weighted by Crippen LogP contribution is 2.39. The molecule has 114 valence electrons. The Kier molecular flexibility index (Phi) is 4.55. The van der Waals surface area contributed by atoms with Crippen molar-refractivity contribution in [1.82, 2.24) is 14.7 Å². The molecule has 0 amide bonds. The monoisotopic (exact) mass is 279 g/mol. The predicted octanol–water partition coefficient (Wildman–Crippen LogP) is 2.14. The van der Waals surface area contributed by atoms with Gasteiger partial charge in [0.2, 0.25) is 0 Å². The summed E-state index contributed by atoms with van der Waals surface area (Å²) in [6.07, 6.45) is 5.01. The molecule has 0 bridgehead atoms. The van der Waals surface area contributed by atoms with Gasteiger partial charge < -0.3 is 10.0 Å².